The van der Waals surface area contributed by atoms with E-state index in [-0.39, 0.29) is 35.8 Å². The molecule has 0 aliphatic carbocycles. The monoisotopic (exact) mass is 526 g/mol. The number of hydrogen-bond acceptors (Lipinski definition) is 7. The number of aryl methyl sites for hydroxylation is 2. The van der Waals surface area contributed by atoms with Crippen LogP contribution in [0.3, 0.4) is 0 Å². The third-order valence-corrected chi connectivity index (χ3v) is 9.88. The van der Waals surface area contributed by atoms with Crippen molar-refractivity contribution in [2.45, 2.75) is 70.0 Å². The van der Waals surface area contributed by atoms with Crippen LogP contribution < -0.4 is 10.3 Å². The number of pyridine rings is 1. The molecule has 0 spiro atoms. The average molecular weight is 527 g/mol. The molecule has 10 heteroatoms. The van der Waals surface area contributed by atoms with Crippen LogP contribution in [0.25, 0.3) is 5.69 Å². The summed E-state index contributed by atoms with van der Waals surface area (Å²) in [5.74, 6) is 0.547. The topological polar surface area (TPSA) is 112 Å². The summed E-state index contributed by atoms with van der Waals surface area (Å²) in [5, 5.41) is 17.4. The highest BCUT2D eigenvalue weighted by Crippen LogP contribution is 2.45. The first kappa shape index (κ1) is 27.2. The van der Waals surface area contributed by atoms with Gasteiger partial charge >= 0.3 is 0 Å². The smallest absolute Gasteiger partial charge is 0.297 e. The minimum absolute atomic E-state index is 0.0396. The normalized spacial score (nSPS) is 21.9. The second-order valence-electron chi connectivity index (χ2n) is 10.4. The molecule has 0 radical (unpaired) electrons. The van der Waals surface area contributed by atoms with Gasteiger partial charge < -0.3 is 19.4 Å². The predicted octanol–water partition coefficient (Wildman–Crippen LogP) is 2.97. The highest BCUT2D eigenvalue weighted by Gasteiger charge is 2.49. The van der Waals surface area contributed by atoms with E-state index in [1.54, 1.807) is 27.6 Å². The number of rotatable bonds is 11. The van der Waals surface area contributed by atoms with Crippen LogP contribution in [0.1, 0.15) is 31.0 Å². The van der Waals surface area contributed by atoms with Gasteiger partial charge in [0.05, 0.1) is 25.0 Å². The maximum atomic E-state index is 12.7. The SMILES string of the molecule is COc1cccn(-c2cccc(CC[C@@H]3O[C@H](CCn4cc(CCO)nn4)[C@@H]([Si](C)(C)O)[C@@H]3C)c2)c1=O. The Bertz CT molecular complexity index is 1240. The fourth-order valence-electron chi connectivity index (χ4n) is 5.62. The number of aromatic nitrogens is 4. The van der Waals surface area contributed by atoms with Crippen molar-refractivity contribution < 1.29 is 19.4 Å². The number of methoxy groups -OCH3 is 1. The van der Waals surface area contributed by atoms with Crippen molar-refractivity contribution in [2.24, 2.45) is 5.92 Å². The molecule has 1 aliphatic heterocycles. The van der Waals surface area contributed by atoms with E-state index in [1.807, 2.05) is 37.5 Å². The molecule has 0 bridgehead atoms. The Kier molecular flexibility index (Phi) is 8.63. The lowest BCUT2D eigenvalue weighted by Crippen LogP contribution is -2.40. The van der Waals surface area contributed by atoms with Crippen LogP contribution in [0.2, 0.25) is 18.6 Å². The van der Waals surface area contributed by atoms with E-state index < -0.39 is 8.32 Å². The Labute approximate surface area is 218 Å². The van der Waals surface area contributed by atoms with E-state index in [1.165, 1.54) is 7.11 Å². The van der Waals surface area contributed by atoms with Gasteiger partial charge in [0.15, 0.2) is 14.1 Å². The molecule has 4 atom stereocenters. The lowest BCUT2D eigenvalue weighted by molar-refractivity contribution is 0.0245. The average Bonchev–Trinajstić information content (AvgIpc) is 3.45. The third-order valence-electron chi connectivity index (χ3n) is 7.35. The summed E-state index contributed by atoms with van der Waals surface area (Å²) in [6.45, 7) is 6.89. The summed E-state index contributed by atoms with van der Waals surface area (Å²) in [4.78, 5) is 23.8. The van der Waals surface area contributed by atoms with E-state index in [2.05, 4.69) is 23.3 Å². The summed E-state index contributed by atoms with van der Waals surface area (Å²) < 4.78 is 15.2. The highest BCUT2D eigenvalue weighted by molar-refractivity contribution is 6.71. The number of benzene rings is 1. The van der Waals surface area contributed by atoms with Crippen molar-refractivity contribution in [3.05, 3.63) is 70.4 Å². The molecule has 200 valence electrons. The van der Waals surface area contributed by atoms with E-state index in [9.17, 15) is 9.59 Å². The molecule has 37 heavy (non-hydrogen) atoms. The van der Waals surface area contributed by atoms with Gasteiger partial charge in [-0.15, -0.1) is 5.10 Å². The summed E-state index contributed by atoms with van der Waals surface area (Å²) >= 11 is 0. The fourth-order valence-corrected chi connectivity index (χ4v) is 8.28. The fraction of sp³-hybridized carbons (Fsp3) is 0.519. The zero-order chi connectivity index (χ0) is 26.6. The van der Waals surface area contributed by atoms with Gasteiger partial charge in [-0.2, -0.15) is 0 Å². The highest BCUT2D eigenvalue weighted by atomic mass is 28.4. The number of nitrogens with zero attached hydrogens (tertiary/aromatic N) is 4. The van der Waals surface area contributed by atoms with Crippen LogP contribution in [0, 0.1) is 5.92 Å². The Balaban J connectivity index is 1.43. The summed E-state index contributed by atoms with van der Waals surface area (Å²) in [6.07, 6.45) is 6.49. The summed E-state index contributed by atoms with van der Waals surface area (Å²) in [7, 11) is -0.970. The minimum Gasteiger partial charge on any atom is -0.491 e. The first-order valence-corrected chi connectivity index (χ1v) is 16.0. The molecule has 1 aromatic carbocycles. The molecule has 2 N–H and O–H groups in total. The Hall–Kier alpha value is -2.79. The molecular formula is C27H38N4O5Si. The largest absolute Gasteiger partial charge is 0.491 e. The van der Waals surface area contributed by atoms with Crippen LogP contribution in [0.4, 0.5) is 0 Å². The van der Waals surface area contributed by atoms with Gasteiger partial charge in [0.25, 0.3) is 5.56 Å². The molecule has 0 saturated carbocycles. The quantitative estimate of drug-likeness (QED) is 0.370. The first-order valence-electron chi connectivity index (χ1n) is 12.9. The van der Waals surface area contributed by atoms with Crippen molar-refractivity contribution in [1.29, 1.82) is 0 Å². The van der Waals surface area contributed by atoms with Gasteiger partial charge in [-0.3, -0.25) is 14.0 Å². The van der Waals surface area contributed by atoms with Crippen molar-refractivity contribution in [1.82, 2.24) is 19.6 Å². The van der Waals surface area contributed by atoms with Crippen LogP contribution in [-0.2, 0) is 24.1 Å². The molecule has 0 amide bonds. The molecule has 3 aromatic rings. The van der Waals surface area contributed by atoms with Crippen LogP contribution in [0.5, 0.6) is 5.75 Å². The Morgan fingerprint density at radius 1 is 1.14 bits per heavy atom. The maximum absolute atomic E-state index is 12.7. The predicted molar refractivity (Wildman–Crippen MR) is 144 cm³/mol. The number of ether oxygens (including phenoxy) is 2. The molecular weight excluding hydrogens is 488 g/mol. The van der Waals surface area contributed by atoms with Crippen molar-refractivity contribution in [2.75, 3.05) is 13.7 Å². The van der Waals surface area contributed by atoms with E-state index in [4.69, 9.17) is 14.6 Å². The lowest BCUT2D eigenvalue weighted by Gasteiger charge is -2.30. The van der Waals surface area contributed by atoms with Gasteiger partial charge in [-0.1, -0.05) is 24.3 Å². The second-order valence-corrected chi connectivity index (χ2v) is 14.4. The molecule has 9 nitrogen and oxygen atoms in total. The van der Waals surface area contributed by atoms with Gasteiger partial charge in [0.2, 0.25) is 0 Å². The number of hydrogen-bond donors (Lipinski definition) is 2. The van der Waals surface area contributed by atoms with Gasteiger partial charge in [0.1, 0.15) is 0 Å². The Morgan fingerprint density at radius 2 is 1.95 bits per heavy atom. The van der Waals surface area contributed by atoms with Crippen molar-refractivity contribution >= 4 is 8.32 Å². The summed E-state index contributed by atoms with van der Waals surface area (Å²) in [5.41, 5.74) is 2.64. The molecule has 3 heterocycles. The van der Waals surface area contributed by atoms with Crippen LogP contribution in [-0.4, -0.2) is 63.7 Å². The minimum atomic E-state index is -2.47. The van der Waals surface area contributed by atoms with Gasteiger partial charge in [-0.25, -0.2) is 0 Å². The number of aliphatic hydroxyl groups is 1. The zero-order valence-corrected chi connectivity index (χ0v) is 23.1. The van der Waals surface area contributed by atoms with Crippen molar-refractivity contribution in [3.63, 3.8) is 0 Å². The first-order chi connectivity index (χ1) is 17.7. The van der Waals surface area contributed by atoms with E-state index in [0.29, 0.717) is 18.7 Å². The molecule has 4 rings (SSSR count). The van der Waals surface area contributed by atoms with Crippen molar-refractivity contribution in [3.8, 4) is 11.4 Å². The van der Waals surface area contributed by atoms with E-state index >= 15 is 0 Å². The van der Waals surface area contributed by atoms with Crippen LogP contribution >= 0.6 is 0 Å². The Morgan fingerprint density at radius 3 is 2.68 bits per heavy atom. The molecule has 0 unspecified atom stereocenters. The number of aliphatic hydroxyl groups excluding tert-OH is 1. The third kappa shape index (κ3) is 6.38. The van der Waals surface area contributed by atoms with Gasteiger partial charge in [-0.05, 0) is 68.1 Å². The molecule has 1 fully saturated rings. The lowest BCUT2D eigenvalue weighted by atomic mass is 9.95. The summed E-state index contributed by atoms with van der Waals surface area (Å²) in [6, 6.07) is 11.5. The van der Waals surface area contributed by atoms with Crippen LogP contribution in [0.15, 0.2) is 53.6 Å². The zero-order valence-electron chi connectivity index (χ0n) is 22.1. The standard InChI is InChI=1S/C27H38N4O5Si/c1-19-23(11-10-20-7-5-8-22(17-20)31-14-6-9-25(35-2)27(31)33)36-24(26(19)37(3,4)34)12-15-30-18-21(13-16-32)28-29-30/h5-9,14,17-19,23-24,26,32,34H,10-13,15-16H2,1-4H3/t19-,23+,24-,26+/m1/s1. The molecule has 1 aliphatic rings. The maximum Gasteiger partial charge on any atom is 0.297 e. The molecule has 1 saturated heterocycles. The second kappa shape index (κ2) is 11.7. The van der Waals surface area contributed by atoms with E-state index in [0.717, 1.165) is 36.2 Å². The van der Waals surface area contributed by atoms with Gasteiger partial charge in [0, 0.05) is 43.2 Å². The molecule has 2 aromatic heterocycles.